The van der Waals surface area contributed by atoms with Gasteiger partial charge in [-0.15, -0.1) is 0 Å². The predicted octanol–water partition coefficient (Wildman–Crippen LogP) is 2.64. The third kappa shape index (κ3) is 2.52. The van der Waals surface area contributed by atoms with E-state index in [1.165, 1.54) is 0 Å². The summed E-state index contributed by atoms with van der Waals surface area (Å²) >= 11 is 0. The van der Waals surface area contributed by atoms with Gasteiger partial charge < -0.3 is 5.11 Å². The van der Waals surface area contributed by atoms with Crippen molar-refractivity contribution < 1.29 is 5.11 Å². The van der Waals surface area contributed by atoms with Gasteiger partial charge in [-0.1, -0.05) is 60.7 Å². The standard InChI is InChI=1S/C15H13NO/c16-12-15(17,14-9-5-2-6-10-14)11-13-7-3-1-4-8-13/h1-10,17H,11H2. The van der Waals surface area contributed by atoms with E-state index < -0.39 is 5.60 Å². The molecule has 0 aliphatic heterocycles. The Hall–Kier alpha value is -2.11. The molecule has 2 aromatic rings. The van der Waals surface area contributed by atoms with Crippen molar-refractivity contribution in [2.45, 2.75) is 12.0 Å². The number of nitriles is 1. The van der Waals surface area contributed by atoms with Gasteiger partial charge in [-0.2, -0.15) is 5.26 Å². The minimum absolute atomic E-state index is 0.300. The molecule has 84 valence electrons. The lowest BCUT2D eigenvalue weighted by Gasteiger charge is -2.20. The summed E-state index contributed by atoms with van der Waals surface area (Å²) in [6, 6.07) is 20.6. The average Bonchev–Trinajstić information content (AvgIpc) is 2.41. The summed E-state index contributed by atoms with van der Waals surface area (Å²) in [5.74, 6) is 0. The summed E-state index contributed by atoms with van der Waals surface area (Å²) in [7, 11) is 0. The lowest BCUT2D eigenvalue weighted by Crippen LogP contribution is -2.26. The smallest absolute Gasteiger partial charge is 0.180 e. The van der Waals surface area contributed by atoms with Gasteiger partial charge in [-0.05, 0) is 11.1 Å². The normalized spacial score (nSPS) is 13.6. The van der Waals surface area contributed by atoms with E-state index in [-0.39, 0.29) is 0 Å². The van der Waals surface area contributed by atoms with Gasteiger partial charge in [0, 0.05) is 6.42 Å². The summed E-state index contributed by atoms with van der Waals surface area (Å²) in [5.41, 5.74) is 0.120. The maximum absolute atomic E-state index is 10.4. The molecular formula is C15H13NO. The van der Waals surface area contributed by atoms with Crippen molar-refractivity contribution >= 4 is 0 Å². The fourth-order valence-corrected chi connectivity index (χ4v) is 1.81. The monoisotopic (exact) mass is 223 g/mol. The quantitative estimate of drug-likeness (QED) is 0.813. The van der Waals surface area contributed by atoms with Crippen molar-refractivity contribution in [3.05, 3.63) is 71.8 Å². The van der Waals surface area contributed by atoms with Crippen LogP contribution in [0.2, 0.25) is 0 Å². The van der Waals surface area contributed by atoms with Gasteiger partial charge in [-0.25, -0.2) is 0 Å². The molecule has 0 fully saturated rings. The summed E-state index contributed by atoms with van der Waals surface area (Å²) in [4.78, 5) is 0. The molecule has 0 radical (unpaired) electrons. The van der Waals surface area contributed by atoms with Crippen LogP contribution in [0.1, 0.15) is 11.1 Å². The molecule has 0 saturated heterocycles. The first-order chi connectivity index (χ1) is 8.24. The van der Waals surface area contributed by atoms with Crippen molar-refractivity contribution in [3.8, 4) is 6.07 Å². The van der Waals surface area contributed by atoms with Crippen LogP contribution in [0.25, 0.3) is 0 Å². The Bertz CT molecular complexity index is 516. The highest BCUT2D eigenvalue weighted by atomic mass is 16.3. The molecule has 0 saturated carbocycles. The van der Waals surface area contributed by atoms with Crippen molar-refractivity contribution in [2.75, 3.05) is 0 Å². The number of hydrogen-bond acceptors (Lipinski definition) is 2. The first-order valence-electron chi connectivity index (χ1n) is 5.48. The summed E-state index contributed by atoms with van der Waals surface area (Å²) in [5, 5.41) is 19.6. The molecule has 0 aromatic heterocycles. The van der Waals surface area contributed by atoms with E-state index in [0.29, 0.717) is 12.0 Å². The molecular weight excluding hydrogens is 210 g/mol. The molecule has 1 N–H and O–H groups in total. The predicted molar refractivity (Wildman–Crippen MR) is 66.1 cm³/mol. The van der Waals surface area contributed by atoms with Crippen LogP contribution in [-0.2, 0) is 12.0 Å². The second-order valence-electron chi connectivity index (χ2n) is 4.00. The van der Waals surface area contributed by atoms with Crippen molar-refractivity contribution in [2.24, 2.45) is 0 Å². The van der Waals surface area contributed by atoms with E-state index in [1.54, 1.807) is 12.1 Å². The van der Waals surface area contributed by atoms with E-state index in [2.05, 4.69) is 0 Å². The number of hydrogen-bond donors (Lipinski definition) is 1. The van der Waals surface area contributed by atoms with Gasteiger partial charge in [0.2, 0.25) is 0 Å². The van der Waals surface area contributed by atoms with E-state index >= 15 is 0 Å². The molecule has 0 bridgehead atoms. The Morgan fingerprint density at radius 1 is 0.941 bits per heavy atom. The van der Waals surface area contributed by atoms with Gasteiger partial charge >= 0.3 is 0 Å². The highest BCUT2D eigenvalue weighted by Crippen LogP contribution is 2.24. The molecule has 2 nitrogen and oxygen atoms in total. The zero-order valence-corrected chi connectivity index (χ0v) is 9.38. The topological polar surface area (TPSA) is 44.0 Å². The number of benzene rings is 2. The maximum atomic E-state index is 10.4. The average molecular weight is 223 g/mol. The summed E-state index contributed by atoms with van der Waals surface area (Å²) in [6.45, 7) is 0. The Morgan fingerprint density at radius 2 is 1.47 bits per heavy atom. The molecule has 2 aromatic carbocycles. The Kier molecular flexibility index (Phi) is 3.22. The molecule has 0 aliphatic carbocycles. The lowest BCUT2D eigenvalue weighted by molar-refractivity contribution is 0.0982. The fourth-order valence-electron chi connectivity index (χ4n) is 1.81. The zero-order valence-electron chi connectivity index (χ0n) is 9.38. The second kappa shape index (κ2) is 4.82. The number of aliphatic hydroxyl groups is 1. The van der Waals surface area contributed by atoms with Gasteiger partial charge in [-0.3, -0.25) is 0 Å². The van der Waals surface area contributed by atoms with Crippen molar-refractivity contribution in [3.63, 3.8) is 0 Å². The number of rotatable bonds is 3. The first kappa shape index (κ1) is 11.4. The summed E-state index contributed by atoms with van der Waals surface area (Å²) in [6.07, 6.45) is 0.300. The Morgan fingerprint density at radius 3 is 2.00 bits per heavy atom. The van der Waals surface area contributed by atoms with Crippen molar-refractivity contribution in [1.82, 2.24) is 0 Å². The third-order valence-electron chi connectivity index (χ3n) is 2.74. The number of nitrogens with zero attached hydrogens (tertiary/aromatic N) is 1. The minimum Gasteiger partial charge on any atom is -0.371 e. The zero-order chi connectivity index (χ0) is 12.1. The molecule has 0 aliphatic rings. The molecule has 0 amide bonds. The molecule has 2 heteroatoms. The highest BCUT2D eigenvalue weighted by molar-refractivity contribution is 5.32. The van der Waals surface area contributed by atoms with Crippen LogP contribution in [-0.4, -0.2) is 5.11 Å². The Balaban J connectivity index is 2.31. The second-order valence-corrected chi connectivity index (χ2v) is 4.00. The lowest BCUT2D eigenvalue weighted by atomic mass is 9.89. The van der Waals surface area contributed by atoms with E-state index in [9.17, 15) is 10.4 Å². The van der Waals surface area contributed by atoms with Crippen LogP contribution in [0.5, 0.6) is 0 Å². The molecule has 0 heterocycles. The third-order valence-corrected chi connectivity index (χ3v) is 2.74. The van der Waals surface area contributed by atoms with Crippen LogP contribution in [0, 0.1) is 11.3 Å². The van der Waals surface area contributed by atoms with E-state index in [4.69, 9.17) is 0 Å². The molecule has 17 heavy (non-hydrogen) atoms. The van der Waals surface area contributed by atoms with Crippen LogP contribution >= 0.6 is 0 Å². The molecule has 1 atom stereocenters. The fraction of sp³-hybridized carbons (Fsp3) is 0.133. The highest BCUT2D eigenvalue weighted by Gasteiger charge is 2.29. The van der Waals surface area contributed by atoms with Gasteiger partial charge in [0.25, 0.3) is 0 Å². The van der Waals surface area contributed by atoms with Crippen LogP contribution in [0.3, 0.4) is 0 Å². The van der Waals surface area contributed by atoms with Crippen LogP contribution < -0.4 is 0 Å². The van der Waals surface area contributed by atoms with Gasteiger partial charge in [0.1, 0.15) is 6.07 Å². The van der Waals surface area contributed by atoms with Crippen LogP contribution in [0.4, 0.5) is 0 Å². The van der Waals surface area contributed by atoms with Gasteiger partial charge in [0.15, 0.2) is 5.60 Å². The van der Waals surface area contributed by atoms with Crippen molar-refractivity contribution in [1.29, 1.82) is 5.26 Å². The van der Waals surface area contributed by atoms with Crippen LogP contribution in [0.15, 0.2) is 60.7 Å². The molecule has 0 spiro atoms. The Labute approximate surface area is 101 Å². The maximum Gasteiger partial charge on any atom is 0.180 e. The largest absolute Gasteiger partial charge is 0.371 e. The van der Waals surface area contributed by atoms with E-state index in [1.807, 2.05) is 54.6 Å². The van der Waals surface area contributed by atoms with Gasteiger partial charge in [0.05, 0.1) is 0 Å². The summed E-state index contributed by atoms with van der Waals surface area (Å²) < 4.78 is 0. The molecule has 1 unspecified atom stereocenters. The first-order valence-corrected chi connectivity index (χ1v) is 5.48. The molecule has 2 rings (SSSR count). The van der Waals surface area contributed by atoms with E-state index in [0.717, 1.165) is 5.56 Å². The minimum atomic E-state index is -1.46. The SMILES string of the molecule is N#CC(O)(Cc1ccccc1)c1ccccc1.